The molecule has 7 nitrogen and oxygen atoms in total. The van der Waals surface area contributed by atoms with Gasteiger partial charge in [0.05, 0.1) is 22.1 Å². The number of fused-ring (bicyclic) bond motifs is 2. The zero-order chi connectivity index (χ0) is 24.4. The molecule has 3 fully saturated rings. The number of pyridine rings is 1. The van der Waals surface area contributed by atoms with Crippen LogP contribution in [-0.4, -0.2) is 72.4 Å². The summed E-state index contributed by atoms with van der Waals surface area (Å²) in [5.74, 6) is -0.657. The van der Waals surface area contributed by atoms with Crippen LogP contribution in [0.1, 0.15) is 24.8 Å². The zero-order valence-electron chi connectivity index (χ0n) is 18.8. The van der Waals surface area contributed by atoms with Gasteiger partial charge in [-0.25, -0.2) is 0 Å². The average Bonchev–Trinajstić information content (AvgIpc) is 3.36. The number of nitriles is 1. The van der Waals surface area contributed by atoms with E-state index >= 15 is 0 Å². The Morgan fingerprint density at radius 1 is 1.26 bits per heavy atom. The Hall–Kier alpha value is -2.90. The van der Waals surface area contributed by atoms with Crippen molar-refractivity contribution in [1.29, 1.82) is 5.26 Å². The van der Waals surface area contributed by atoms with Crippen molar-refractivity contribution >= 4 is 22.5 Å². The third kappa shape index (κ3) is 3.33. The number of nitrogens with zero attached hydrogens (tertiary/aromatic N) is 4. The molecule has 2 saturated heterocycles. The number of carbonyl (C=O) groups excluding carboxylic acids is 1. The minimum absolute atomic E-state index is 0.0565. The van der Waals surface area contributed by atoms with Gasteiger partial charge in [-0.1, -0.05) is 0 Å². The summed E-state index contributed by atoms with van der Waals surface area (Å²) in [6, 6.07) is 8.65. The highest BCUT2D eigenvalue weighted by Gasteiger charge is 2.86. The highest BCUT2D eigenvalue weighted by Crippen LogP contribution is 2.75. The van der Waals surface area contributed by atoms with Crippen LogP contribution in [0.15, 0.2) is 30.5 Å². The van der Waals surface area contributed by atoms with Gasteiger partial charge in [0.2, 0.25) is 5.91 Å². The van der Waals surface area contributed by atoms with Crippen LogP contribution in [0, 0.1) is 22.2 Å². The second-order valence-corrected chi connectivity index (χ2v) is 10.0. The second-order valence-electron chi connectivity index (χ2n) is 10.0. The molecule has 34 heavy (non-hydrogen) atoms. The normalized spacial score (nSPS) is 28.4. The Kier molecular flexibility index (Phi) is 5.08. The molecule has 0 spiro atoms. The number of benzene rings is 1. The fraction of sp³-hybridized carbons (Fsp3) is 0.542. The summed E-state index contributed by atoms with van der Waals surface area (Å²) >= 11 is 0. The van der Waals surface area contributed by atoms with Gasteiger partial charge < -0.3 is 20.2 Å². The average molecular weight is 473 g/mol. The lowest BCUT2D eigenvalue weighted by atomic mass is 9.90. The van der Waals surface area contributed by atoms with E-state index in [0.717, 1.165) is 0 Å². The van der Waals surface area contributed by atoms with Crippen molar-refractivity contribution in [3.05, 3.63) is 36.0 Å². The van der Waals surface area contributed by atoms with Crippen LogP contribution in [0.5, 0.6) is 0 Å². The van der Waals surface area contributed by atoms with E-state index < -0.39 is 28.5 Å². The van der Waals surface area contributed by atoms with Crippen LogP contribution in [0.2, 0.25) is 0 Å². The van der Waals surface area contributed by atoms with Crippen molar-refractivity contribution in [2.75, 3.05) is 44.7 Å². The van der Waals surface area contributed by atoms with Gasteiger partial charge in [0.1, 0.15) is 11.5 Å². The van der Waals surface area contributed by atoms with E-state index in [1.807, 2.05) is 7.05 Å². The summed E-state index contributed by atoms with van der Waals surface area (Å²) in [6.07, 6.45) is -2.37. The van der Waals surface area contributed by atoms with Gasteiger partial charge in [0, 0.05) is 50.0 Å². The SMILES string of the molecule is CN1CCC(O)(CNC(=O)[C@@]23CN(c4ccc(C#N)c5ncccc45)C[C@]2(C(F)(F)F)C3)CC1. The van der Waals surface area contributed by atoms with Crippen molar-refractivity contribution in [2.45, 2.75) is 31.0 Å². The number of rotatable bonds is 4. The fourth-order valence-corrected chi connectivity index (χ4v) is 5.74. The molecule has 3 aliphatic rings. The lowest BCUT2D eigenvalue weighted by molar-refractivity contribution is -0.191. The number of hydrogen-bond donors (Lipinski definition) is 2. The van der Waals surface area contributed by atoms with Crippen molar-refractivity contribution in [3.8, 4) is 6.07 Å². The Balaban J connectivity index is 1.42. The lowest BCUT2D eigenvalue weighted by Gasteiger charge is -2.37. The maximum Gasteiger partial charge on any atom is 0.397 e. The number of piperidine rings is 2. The molecule has 0 unspecified atom stereocenters. The Labute approximate surface area is 195 Å². The number of nitrogens with one attached hydrogen (secondary N) is 1. The van der Waals surface area contributed by atoms with Crippen LogP contribution in [0.3, 0.4) is 0 Å². The summed E-state index contributed by atoms with van der Waals surface area (Å²) < 4.78 is 42.9. The minimum Gasteiger partial charge on any atom is -0.388 e. The lowest BCUT2D eigenvalue weighted by Crippen LogP contribution is -2.52. The van der Waals surface area contributed by atoms with E-state index in [1.165, 1.54) is 6.20 Å². The first-order valence-corrected chi connectivity index (χ1v) is 11.3. The smallest absolute Gasteiger partial charge is 0.388 e. The maximum absolute atomic E-state index is 14.3. The van der Waals surface area contributed by atoms with E-state index in [4.69, 9.17) is 0 Å². The predicted molar refractivity (Wildman–Crippen MR) is 119 cm³/mol. The predicted octanol–water partition coefficient (Wildman–Crippen LogP) is 2.44. The topological polar surface area (TPSA) is 92.5 Å². The first kappa shape index (κ1) is 22.9. The first-order chi connectivity index (χ1) is 16.0. The Morgan fingerprint density at radius 3 is 2.68 bits per heavy atom. The number of alkyl halides is 3. The Bertz CT molecular complexity index is 1190. The van der Waals surface area contributed by atoms with Gasteiger partial charge >= 0.3 is 6.18 Å². The molecule has 0 bridgehead atoms. The summed E-state index contributed by atoms with van der Waals surface area (Å²) in [5.41, 5.74) is -3.56. The van der Waals surface area contributed by atoms with Gasteiger partial charge in [-0.05, 0) is 50.6 Å². The zero-order valence-corrected chi connectivity index (χ0v) is 18.8. The van der Waals surface area contributed by atoms with Gasteiger partial charge in [-0.15, -0.1) is 0 Å². The molecule has 1 aromatic heterocycles. The number of likely N-dealkylation sites (tertiary alicyclic amines) is 1. The van der Waals surface area contributed by atoms with E-state index in [1.54, 1.807) is 29.2 Å². The van der Waals surface area contributed by atoms with E-state index in [-0.39, 0.29) is 26.1 Å². The number of aliphatic hydroxyl groups is 1. The molecule has 180 valence electrons. The molecule has 1 aliphatic carbocycles. The van der Waals surface area contributed by atoms with Crippen LogP contribution in [0.25, 0.3) is 10.9 Å². The number of aromatic nitrogens is 1. The van der Waals surface area contributed by atoms with Gasteiger partial charge in [-0.3, -0.25) is 9.78 Å². The largest absolute Gasteiger partial charge is 0.397 e. The van der Waals surface area contributed by atoms with Gasteiger partial charge in [0.15, 0.2) is 0 Å². The monoisotopic (exact) mass is 473 g/mol. The van der Waals surface area contributed by atoms with Crippen molar-refractivity contribution in [3.63, 3.8) is 0 Å². The van der Waals surface area contributed by atoms with E-state index in [0.29, 0.717) is 48.1 Å². The summed E-state index contributed by atoms with van der Waals surface area (Å²) in [7, 11) is 1.94. The van der Waals surface area contributed by atoms with Crippen molar-refractivity contribution < 1.29 is 23.1 Å². The first-order valence-electron chi connectivity index (χ1n) is 11.3. The quantitative estimate of drug-likeness (QED) is 0.709. The van der Waals surface area contributed by atoms with E-state index in [2.05, 4.69) is 21.3 Å². The molecular formula is C24H26F3N5O2. The molecule has 10 heteroatoms. The number of hydrogen-bond acceptors (Lipinski definition) is 6. The summed E-state index contributed by atoms with van der Waals surface area (Å²) in [6.45, 7) is 0.846. The van der Waals surface area contributed by atoms with Gasteiger partial charge in [-0.2, -0.15) is 18.4 Å². The third-order valence-electron chi connectivity index (χ3n) is 8.00. The standard InChI is InChI=1S/C24H26F3N5O2/c1-31-9-6-21(34,7-10-31)13-30-20(33)22-12-23(22,24(25,26)27)15-32(14-22)18-5-4-16(11-28)19-17(18)3-2-8-29-19/h2-5,8,34H,6-7,9-10,12-15H2,1H3,(H,30,33)/t22-,23-/m1/s1. The summed E-state index contributed by atoms with van der Waals surface area (Å²) in [5, 5.41) is 23.4. The molecule has 1 amide bonds. The molecule has 5 rings (SSSR count). The third-order valence-corrected chi connectivity index (χ3v) is 8.00. The molecule has 1 saturated carbocycles. The highest BCUT2D eigenvalue weighted by molar-refractivity contribution is 5.97. The fourth-order valence-electron chi connectivity index (χ4n) is 5.74. The van der Waals surface area contributed by atoms with Crippen molar-refractivity contribution in [2.24, 2.45) is 10.8 Å². The number of anilines is 1. The highest BCUT2D eigenvalue weighted by atomic mass is 19.4. The van der Waals surface area contributed by atoms with Crippen LogP contribution in [0.4, 0.5) is 18.9 Å². The van der Waals surface area contributed by atoms with Crippen LogP contribution < -0.4 is 10.2 Å². The molecule has 0 radical (unpaired) electrons. The molecule has 2 aliphatic heterocycles. The van der Waals surface area contributed by atoms with Crippen molar-refractivity contribution in [1.82, 2.24) is 15.2 Å². The van der Waals surface area contributed by atoms with E-state index in [9.17, 15) is 28.3 Å². The number of halogens is 3. The number of amides is 1. The van der Waals surface area contributed by atoms with Gasteiger partial charge in [0.25, 0.3) is 0 Å². The molecular weight excluding hydrogens is 447 g/mol. The summed E-state index contributed by atoms with van der Waals surface area (Å²) in [4.78, 5) is 21.1. The van der Waals surface area contributed by atoms with Crippen LogP contribution >= 0.6 is 0 Å². The Morgan fingerprint density at radius 2 is 2.00 bits per heavy atom. The molecule has 1 aromatic carbocycles. The molecule has 3 heterocycles. The second kappa shape index (κ2) is 7.55. The molecule has 2 aromatic rings. The van der Waals surface area contributed by atoms with Crippen LogP contribution in [-0.2, 0) is 4.79 Å². The molecule has 2 atom stereocenters. The molecule has 2 N–H and O–H groups in total. The number of carbonyl (C=O) groups is 1. The minimum atomic E-state index is -4.55. The maximum atomic E-state index is 14.3.